The Bertz CT molecular complexity index is 60.8. The quantitative estimate of drug-likeness (QED) is 0.467. The maximum absolute atomic E-state index is 8.01. The summed E-state index contributed by atoms with van der Waals surface area (Å²) >= 11 is 0. The summed E-state index contributed by atoms with van der Waals surface area (Å²) in [5, 5.41) is 8.01. The predicted octanol–water partition coefficient (Wildman–Crippen LogP) is 1.33. The highest BCUT2D eigenvalue weighted by molar-refractivity contribution is 5.06. The number of nitriles is 1. The van der Waals surface area contributed by atoms with Gasteiger partial charge in [0, 0.05) is 0 Å². The fourth-order valence-electron chi connectivity index (χ4n) is 0.0559. The van der Waals surface area contributed by atoms with E-state index in [1.165, 1.54) is 0 Å². The molecule has 0 aromatic heterocycles. The Balaban J connectivity index is 3.04. The predicted molar refractivity (Wildman–Crippen MR) is 24.5 cm³/mol. The third-order valence-corrected chi connectivity index (χ3v) is 0.566. The van der Waals surface area contributed by atoms with Crippen molar-refractivity contribution < 1.29 is 0 Å². The van der Waals surface area contributed by atoms with Crippen LogP contribution in [0.25, 0.3) is 0 Å². The van der Waals surface area contributed by atoms with Crippen LogP contribution < -0.4 is 0 Å². The van der Waals surface area contributed by atoms with Crippen LogP contribution in [-0.4, -0.2) is 0 Å². The van der Waals surface area contributed by atoms with Gasteiger partial charge in [0.1, 0.15) is 0 Å². The van der Waals surface area contributed by atoms with Crippen LogP contribution >= 0.6 is 0 Å². The van der Waals surface area contributed by atoms with Crippen LogP contribution in [0.2, 0.25) is 0 Å². The molecule has 1 nitrogen and oxygen atoms in total. The van der Waals surface area contributed by atoms with Crippen molar-refractivity contribution >= 4 is 0 Å². The van der Waals surface area contributed by atoms with Gasteiger partial charge in [-0.05, 0) is 13.3 Å². The van der Waals surface area contributed by atoms with E-state index in [4.69, 9.17) is 5.26 Å². The van der Waals surface area contributed by atoms with E-state index in [9.17, 15) is 0 Å². The number of hydrogen-bond acceptors (Lipinski definition) is 1. The Labute approximate surface area is 38.6 Å². The van der Waals surface area contributed by atoms with E-state index in [1.54, 1.807) is 6.92 Å². The molecule has 0 fully saturated rings. The van der Waals surface area contributed by atoms with Crippen molar-refractivity contribution in [2.45, 2.75) is 13.3 Å². The third kappa shape index (κ3) is 1.78. The summed E-state index contributed by atoms with van der Waals surface area (Å²) in [6.45, 7) is 5.27. The molecule has 32 valence electrons. The molecule has 0 N–H and O–H groups in total. The molecule has 0 aliphatic carbocycles. The first kappa shape index (κ1) is 5.49. The van der Waals surface area contributed by atoms with Crippen molar-refractivity contribution in [2.75, 3.05) is 0 Å². The van der Waals surface area contributed by atoms with Crippen molar-refractivity contribution in [3.05, 3.63) is 12.8 Å². The van der Waals surface area contributed by atoms with Gasteiger partial charge in [-0.1, -0.05) is 6.92 Å². The van der Waals surface area contributed by atoms with Gasteiger partial charge in [-0.3, -0.25) is 0 Å². The molecule has 2 radical (unpaired) electrons. The summed E-state index contributed by atoms with van der Waals surface area (Å²) in [6.07, 6.45) is 0.635. The van der Waals surface area contributed by atoms with Crippen LogP contribution in [-0.2, 0) is 0 Å². The summed E-state index contributed by atoms with van der Waals surface area (Å²) in [6, 6.07) is 1.97. The van der Waals surface area contributed by atoms with Gasteiger partial charge in [0.15, 0.2) is 0 Å². The summed E-state index contributed by atoms with van der Waals surface area (Å²) < 4.78 is 0. The van der Waals surface area contributed by atoms with E-state index >= 15 is 0 Å². The maximum Gasteiger partial charge on any atom is 0.0729 e. The lowest BCUT2D eigenvalue weighted by atomic mass is 10.2. The monoisotopic (exact) mass is 81.1 g/mol. The minimum atomic E-state index is 0.635. The van der Waals surface area contributed by atoms with Gasteiger partial charge in [0.05, 0.1) is 12.0 Å². The van der Waals surface area contributed by atoms with Crippen molar-refractivity contribution in [1.82, 2.24) is 0 Å². The second-order valence-electron chi connectivity index (χ2n) is 1.14. The molecule has 0 bridgehead atoms. The van der Waals surface area contributed by atoms with E-state index in [1.807, 2.05) is 6.07 Å². The summed E-state index contributed by atoms with van der Waals surface area (Å²) in [7, 11) is 0. The molecule has 0 atom stereocenters. The van der Waals surface area contributed by atoms with Crippen molar-refractivity contribution in [3.63, 3.8) is 0 Å². The van der Waals surface area contributed by atoms with Gasteiger partial charge in [0.2, 0.25) is 0 Å². The zero-order valence-corrected chi connectivity index (χ0v) is 3.86. The molecule has 0 saturated heterocycles. The maximum atomic E-state index is 8.01. The third-order valence-electron chi connectivity index (χ3n) is 0.566. The fourth-order valence-corrected chi connectivity index (χ4v) is 0.0559. The second-order valence-corrected chi connectivity index (χ2v) is 1.14. The second kappa shape index (κ2) is 2.71. The van der Waals surface area contributed by atoms with Crippen LogP contribution in [0.5, 0.6) is 0 Å². The molecule has 0 unspecified atom stereocenters. The first-order valence-electron chi connectivity index (χ1n) is 1.83. The van der Waals surface area contributed by atoms with Gasteiger partial charge < -0.3 is 0 Å². The molecule has 0 aliphatic rings. The molecule has 0 amide bonds. The average molecular weight is 81.1 g/mol. The standard InChI is InChI=1S/C5H7N/c1-3-5(2)4-6/h1,3H2,2H3. The molecule has 0 aromatic carbocycles. The molecule has 0 heterocycles. The zero-order chi connectivity index (χ0) is 4.99. The number of nitrogens with zero attached hydrogens (tertiary/aromatic N) is 1. The molecule has 0 aromatic rings. The molecule has 0 saturated carbocycles. The van der Waals surface area contributed by atoms with Crippen molar-refractivity contribution in [1.29, 1.82) is 5.26 Å². The molecule has 0 spiro atoms. The van der Waals surface area contributed by atoms with Crippen molar-refractivity contribution in [2.24, 2.45) is 0 Å². The smallest absolute Gasteiger partial charge is 0.0729 e. The van der Waals surface area contributed by atoms with Gasteiger partial charge in [-0.2, -0.15) is 5.26 Å². The summed E-state index contributed by atoms with van der Waals surface area (Å²) in [4.78, 5) is 0. The molecule has 0 rings (SSSR count). The highest BCUT2D eigenvalue weighted by Crippen LogP contribution is 1.97. The van der Waals surface area contributed by atoms with Gasteiger partial charge in [0.25, 0.3) is 0 Å². The SMILES string of the molecule is [CH2]C[C](C)C#N. The highest BCUT2D eigenvalue weighted by atomic mass is 14.2. The zero-order valence-electron chi connectivity index (χ0n) is 3.86. The lowest BCUT2D eigenvalue weighted by Crippen LogP contribution is -1.78. The first-order valence-corrected chi connectivity index (χ1v) is 1.83. The van der Waals surface area contributed by atoms with E-state index in [-0.39, 0.29) is 0 Å². The Morgan fingerprint density at radius 3 is 2.50 bits per heavy atom. The number of rotatable bonds is 1. The summed E-state index contributed by atoms with van der Waals surface area (Å²) in [5.41, 5.74) is 0. The van der Waals surface area contributed by atoms with Gasteiger partial charge in [-0.25, -0.2) is 0 Å². The largest absolute Gasteiger partial charge is 0.198 e. The molecule has 0 aliphatic heterocycles. The average Bonchev–Trinajstić information content (AvgIpc) is 1.65. The Kier molecular flexibility index (Phi) is 2.48. The first-order chi connectivity index (χ1) is 2.81. The normalized spacial score (nSPS) is 8.33. The Morgan fingerprint density at radius 1 is 2.00 bits per heavy atom. The minimum Gasteiger partial charge on any atom is -0.198 e. The molecule has 6 heavy (non-hydrogen) atoms. The lowest BCUT2D eigenvalue weighted by Gasteiger charge is -1.85. The topological polar surface area (TPSA) is 23.8 Å². The van der Waals surface area contributed by atoms with Crippen LogP contribution in [0, 0.1) is 24.2 Å². The molecule has 1 heteroatoms. The molecular weight excluding hydrogens is 74.1 g/mol. The van der Waals surface area contributed by atoms with Crippen LogP contribution in [0.4, 0.5) is 0 Å². The van der Waals surface area contributed by atoms with Crippen LogP contribution in [0.1, 0.15) is 13.3 Å². The van der Waals surface area contributed by atoms with Crippen LogP contribution in [0.15, 0.2) is 0 Å². The lowest BCUT2D eigenvalue weighted by molar-refractivity contribution is 1.08. The Morgan fingerprint density at radius 2 is 2.50 bits per heavy atom. The minimum absolute atomic E-state index is 0.635. The molecular formula is C5H7N. The van der Waals surface area contributed by atoms with E-state index < -0.39 is 0 Å². The van der Waals surface area contributed by atoms with Crippen LogP contribution in [0.3, 0.4) is 0 Å². The van der Waals surface area contributed by atoms with E-state index in [0.717, 1.165) is 5.92 Å². The fraction of sp³-hybridized carbons (Fsp3) is 0.400. The number of hydrogen-bond donors (Lipinski definition) is 0. The van der Waals surface area contributed by atoms with Crippen molar-refractivity contribution in [3.8, 4) is 6.07 Å². The van der Waals surface area contributed by atoms with E-state index in [2.05, 4.69) is 6.92 Å². The van der Waals surface area contributed by atoms with Gasteiger partial charge >= 0.3 is 0 Å². The van der Waals surface area contributed by atoms with Gasteiger partial charge in [-0.15, -0.1) is 0 Å². The van der Waals surface area contributed by atoms with E-state index in [0.29, 0.717) is 6.42 Å². The highest BCUT2D eigenvalue weighted by Gasteiger charge is 1.90. The Hall–Kier alpha value is -0.510. The summed E-state index contributed by atoms with van der Waals surface area (Å²) in [5.74, 6) is 0.787.